The van der Waals surface area contributed by atoms with Crippen molar-refractivity contribution in [2.45, 2.75) is 38.0 Å². The predicted octanol–water partition coefficient (Wildman–Crippen LogP) is 2.18. The quantitative estimate of drug-likeness (QED) is 0.807. The van der Waals surface area contributed by atoms with Crippen LogP contribution in [0.2, 0.25) is 0 Å². The lowest BCUT2D eigenvalue weighted by Gasteiger charge is -2.31. The summed E-state index contributed by atoms with van der Waals surface area (Å²) in [7, 11) is -3.62. The van der Waals surface area contributed by atoms with Crippen LogP contribution in [-0.2, 0) is 15.8 Å². The lowest BCUT2D eigenvalue weighted by Crippen LogP contribution is -2.53. The molecule has 0 radical (unpaired) electrons. The molecule has 7 heteroatoms. The first-order valence-corrected chi connectivity index (χ1v) is 7.98. The smallest absolute Gasteiger partial charge is 0.216 e. The fraction of sp³-hybridized carbons (Fsp3) is 0.538. The highest BCUT2D eigenvalue weighted by molar-refractivity contribution is 7.88. The van der Waals surface area contributed by atoms with Gasteiger partial charge in [-0.2, -0.15) is 0 Å². The van der Waals surface area contributed by atoms with E-state index in [1.165, 1.54) is 18.2 Å². The van der Waals surface area contributed by atoms with E-state index in [1.54, 1.807) is 6.07 Å². The fourth-order valence-electron chi connectivity index (χ4n) is 1.91. The van der Waals surface area contributed by atoms with Gasteiger partial charge in [-0.25, -0.2) is 17.5 Å². The van der Waals surface area contributed by atoms with Gasteiger partial charge in [-0.15, -0.1) is 12.4 Å². The van der Waals surface area contributed by atoms with Crippen LogP contribution >= 0.6 is 12.4 Å². The lowest BCUT2D eigenvalue weighted by atomic mass is 9.95. The highest BCUT2D eigenvalue weighted by atomic mass is 35.5. The standard InChI is InChI=1S/C13H21FN2O2S.ClH/c1-3-13(4-2,10-15)16-19(17,18)9-11-7-5-6-8-12(11)14;/h5-8,16H,3-4,9-10,15H2,1-2H3;1H. The second-order valence-corrected chi connectivity index (χ2v) is 6.37. The topological polar surface area (TPSA) is 72.2 Å². The maximum Gasteiger partial charge on any atom is 0.216 e. The summed E-state index contributed by atoms with van der Waals surface area (Å²) in [6, 6.07) is 5.86. The van der Waals surface area contributed by atoms with Crippen molar-refractivity contribution in [3.05, 3.63) is 35.6 Å². The maximum atomic E-state index is 13.5. The summed E-state index contributed by atoms with van der Waals surface area (Å²) >= 11 is 0. The molecule has 0 fully saturated rings. The molecular formula is C13H22ClFN2O2S. The Hall–Kier alpha value is -0.690. The molecule has 0 aliphatic heterocycles. The average molecular weight is 325 g/mol. The highest BCUT2D eigenvalue weighted by Crippen LogP contribution is 2.17. The summed E-state index contributed by atoms with van der Waals surface area (Å²) < 4.78 is 40.3. The molecule has 116 valence electrons. The highest BCUT2D eigenvalue weighted by Gasteiger charge is 2.30. The van der Waals surface area contributed by atoms with Crippen LogP contribution in [0, 0.1) is 5.82 Å². The van der Waals surface area contributed by atoms with Gasteiger partial charge in [0, 0.05) is 17.6 Å². The van der Waals surface area contributed by atoms with Crippen molar-refractivity contribution in [3.8, 4) is 0 Å². The number of nitrogens with two attached hydrogens (primary N) is 1. The van der Waals surface area contributed by atoms with E-state index in [4.69, 9.17) is 5.73 Å². The Morgan fingerprint density at radius 3 is 2.25 bits per heavy atom. The molecule has 0 atom stereocenters. The maximum absolute atomic E-state index is 13.5. The normalized spacial score (nSPS) is 12.0. The zero-order chi connectivity index (χ0) is 14.5. The van der Waals surface area contributed by atoms with Crippen LogP contribution in [0.4, 0.5) is 4.39 Å². The Balaban J connectivity index is 0.00000361. The molecule has 3 N–H and O–H groups in total. The summed E-state index contributed by atoms with van der Waals surface area (Å²) in [6.45, 7) is 3.97. The fourth-order valence-corrected chi connectivity index (χ4v) is 3.66. The Morgan fingerprint density at radius 2 is 1.80 bits per heavy atom. The molecule has 0 unspecified atom stereocenters. The van der Waals surface area contributed by atoms with Crippen LogP contribution in [0.15, 0.2) is 24.3 Å². The van der Waals surface area contributed by atoms with Gasteiger partial charge < -0.3 is 5.73 Å². The molecule has 0 spiro atoms. The van der Waals surface area contributed by atoms with E-state index in [-0.39, 0.29) is 30.3 Å². The molecule has 20 heavy (non-hydrogen) atoms. The Labute approximate surface area is 126 Å². The van der Waals surface area contributed by atoms with Crippen LogP contribution in [0.5, 0.6) is 0 Å². The van der Waals surface area contributed by atoms with Crippen molar-refractivity contribution < 1.29 is 12.8 Å². The van der Waals surface area contributed by atoms with Crippen LogP contribution in [0.3, 0.4) is 0 Å². The summed E-state index contributed by atoms with van der Waals surface area (Å²) in [5, 5.41) is 0. The summed E-state index contributed by atoms with van der Waals surface area (Å²) in [4.78, 5) is 0. The van der Waals surface area contributed by atoms with Gasteiger partial charge in [0.2, 0.25) is 10.0 Å². The summed E-state index contributed by atoms with van der Waals surface area (Å²) in [5.41, 5.74) is 5.17. The molecule has 0 aliphatic rings. The Kier molecular flexibility index (Phi) is 7.65. The van der Waals surface area contributed by atoms with Crippen molar-refractivity contribution in [2.24, 2.45) is 5.73 Å². The van der Waals surface area contributed by atoms with Gasteiger partial charge in [-0.05, 0) is 18.9 Å². The van der Waals surface area contributed by atoms with Crippen LogP contribution in [-0.4, -0.2) is 20.5 Å². The lowest BCUT2D eigenvalue weighted by molar-refractivity contribution is 0.363. The van der Waals surface area contributed by atoms with E-state index in [0.717, 1.165) is 0 Å². The van der Waals surface area contributed by atoms with Gasteiger partial charge in [0.1, 0.15) is 5.82 Å². The van der Waals surface area contributed by atoms with E-state index in [1.807, 2.05) is 13.8 Å². The SMILES string of the molecule is CCC(CC)(CN)NS(=O)(=O)Cc1ccccc1F.Cl. The molecular weight excluding hydrogens is 303 g/mol. The third-order valence-electron chi connectivity index (χ3n) is 3.42. The molecule has 1 rings (SSSR count). The first kappa shape index (κ1) is 19.3. The monoisotopic (exact) mass is 324 g/mol. The van der Waals surface area contributed by atoms with Crippen molar-refractivity contribution in [2.75, 3.05) is 6.54 Å². The molecule has 0 amide bonds. The van der Waals surface area contributed by atoms with Gasteiger partial charge in [-0.1, -0.05) is 32.0 Å². The van der Waals surface area contributed by atoms with E-state index in [9.17, 15) is 12.8 Å². The van der Waals surface area contributed by atoms with E-state index < -0.39 is 21.4 Å². The molecule has 0 heterocycles. The Bertz CT molecular complexity index is 511. The van der Waals surface area contributed by atoms with Gasteiger partial charge in [-0.3, -0.25) is 0 Å². The molecule has 0 saturated heterocycles. The van der Waals surface area contributed by atoms with Crippen LogP contribution in [0.25, 0.3) is 0 Å². The van der Waals surface area contributed by atoms with Crippen molar-refractivity contribution >= 4 is 22.4 Å². The largest absolute Gasteiger partial charge is 0.329 e. The van der Waals surface area contributed by atoms with Crippen molar-refractivity contribution in [3.63, 3.8) is 0 Å². The molecule has 0 bridgehead atoms. The second kappa shape index (κ2) is 7.93. The number of nitrogens with one attached hydrogen (secondary N) is 1. The number of hydrogen-bond acceptors (Lipinski definition) is 3. The molecule has 1 aromatic rings. The van der Waals surface area contributed by atoms with Gasteiger partial charge in [0.25, 0.3) is 0 Å². The van der Waals surface area contributed by atoms with E-state index in [2.05, 4.69) is 4.72 Å². The summed E-state index contributed by atoms with van der Waals surface area (Å²) in [5.74, 6) is -0.888. The minimum absolute atomic E-state index is 0. The van der Waals surface area contributed by atoms with Crippen molar-refractivity contribution in [1.82, 2.24) is 4.72 Å². The van der Waals surface area contributed by atoms with Gasteiger partial charge in [0.15, 0.2) is 0 Å². The number of hydrogen-bond donors (Lipinski definition) is 2. The third kappa shape index (κ3) is 5.01. The molecule has 0 aliphatic carbocycles. The zero-order valence-electron chi connectivity index (χ0n) is 11.7. The van der Waals surface area contributed by atoms with E-state index in [0.29, 0.717) is 12.8 Å². The summed E-state index contributed by atoms with van der Waals surface area (Å²) in [6.07, 6.45) is 1.19. The molecule has 0 saturated carbocycles. The van der Waals surface area contributed by atoms with Crippen molar-refractivity contribution in [1.29, 1.82) is 0 Å². The number of benzene rings is 1. The zero-order valence-corrected chi connectivity index (χ0v) is 13.4. The second-order valence-electron chi connectivity index (χ2n) is 4.64. The molecule has 1 aromatic carbocycles. The predicted molar refractivity (Wildman–Crippen MR) is 81.8 cm³/mol. The minimum Gasteiger partial charge on any atom is -0.329 e. The molecule has 0 aromatic heterocycles. The Morgan fingerprint density at radius 1 is 1.25 bits per heavy atom. The van der Waals surface area contributed by atoms with Gasteiger partial charge >= 0.3 is 0 Å². The minimum atomic E-state index is -3.62. The average Bonchev–Trinajstić information content (AvgIpc) is 2.39. The van der Waals surface area contributed by atoms with Crippen LogP contribution < -0.4 is 10.5 Å². The number of sulfonamides is 1. The third-order valence-corrected chi connectivity index (χ3v) is 4.85. The number of rotatable bonds is 7. The van der Waals surface area contributed by atoms with Crippen LogP contribution in [0.1, 0.15) is 32.3 Å². The first-order valence-electron chi connectivity index (χ1n) is 6.33. The molecule has 4 nitrogen and oxygen atoms in total. The number of halogens is 2. The first-order chi connectivity index (χ1) is 8.88. The van der Waals surface area contributed by atoms with Gasteiger partial charge in [0.05, 0.1) is 5.75 Å². The van der Waals surface area contributed by atoms with E-state index >= 15 is 0 Å².